The predicted octanol–water partition coefficient (Wildman–Crippen LogP) is 2.38. The molecule has 0 atom stereocenters. The first kappa shape index (κ1) is 14.5. The van der Waals surface area contributed by atoms with E-state index in [1.165, 1.54) is 6.20 Å². The maximum absolute atomic E-state index is 10.9. The SMILES string of the molecule is Cc1ncc([N+](=O)[O-])n1CCSc1ccc(CO)cc1. The number of aryl methyl sites for hydroxylation is 1. The number of hydrogen-bond donors (Lipinski definition) is 1. The summed E-state index contributed by atoms with van der Waals surface area (Å²) in [5.74, 6) is 1.39. The predicted molar refractivity (Wildman–Crippen MR) is 76.7 cm³/mol. The van der Waals surface area contributed by atoms with Crippen molar-refractivity contribution in [3.8, 4) is 0 Å². The molecule has 0 aliphatic heterocycles. The van der Waals surface area contributed by atoms with Crippen molar-refractivity contribution >= 4 is 17.6 Å². The highest BCUT2D eigenvalue weighted by atomic mass is 32.2. The Bertz CT molecular complexity index is 595. The second kappa shape index (κ2) is 6.53. The zero-order valence-corrected chi connectivity index (χ0v) is 11.8. The number of aromatic nitrogens is 2. The van der Waals surface area contributed by atoms with Gasteiger partial charge in [-0.15, -0.1) is 11.8 Å². The molecule has 7 heteroatoms. The molecule has 106 valence electrons. The monoisotopic (exact) mass is 293 g/mol. The van der Waals surface area contributed by atoms with E-state index in [9.17, 15) is 10.1 Å². The standard InChI is InChI=1S/C13H15N3O3S/c1-10-14-8-13(16(18)19)15(10)6-7-20-12-4-2-11(9-17)3-5-12/h2-5,8,17H,6-7,9H2,1H3. The second-order valence-corrected chi connectivity index (χ2v) is 5.39. The smallest absolute Gasteiger partial charge is 0.342 e. The average molecular weight is 293 g/mol. The Hall–Kier alpha value is -1.86. The number of aliphatic hydroxyl groups excluding tert-OH is 1. The van der Waals surface area contributed by atoms with Gasteiger partial charge in [0.05, 0.1) is 6.61 Å². The van der Waals surface area contributed by atoms with Crippen molar-refractivity contribution in [1.82, 2.24) is 9.55 Å². The van der Waals surface area contributed by atoms with E-state index in [-0.39, 0.29) is 12.4 Å². The Morgan fingerprint density at radius 2 is 2.10 bits per heavy atom. The minimum Gasteiger partial charge on any atom is -0.392 e. The van der Waals surface area contributed by atoms with Gasteiger partial charge in [0.15, 0.2) is 5.82 Å². The van der Waals surface area contributed by atoms with Crippen molar-refractivity contribution in [3.05, 3.63) is 52.0 Å². The molecule has 1 heterocycles. The molecular weight excluding hydrogens is 278 g/mol. The largest absolute Gasteiger partial charge is 0.392 e. The molecule has 1 N–H and O–H groups in total. The van der Waals surface area contributed by atoms with Gasteiger partial charge in [0.25, 0.3) is 0 Å². The summed E-state index contributed by atoms with van der Waals surface area (Å²) in [7, 11) is 0. The molecule has 2 aromatic rings. The van der Waals surface area contributed by atoms with Gasteiger partial charge in [-0.2, -0.15) is 0 Å². The molecule has 20 heavy (non-hydrogen) atoms. The van der Waals surface area contributed by atoms with Gasteiger partial charge in [0.1, 0.15) is 12.7 Å². The van der Waals surface area contributed by atoms with E-state index in [0.29, 0.717) is 12.4 Å². The molecule has 1 aromatic carbocycles. The van der Waals surface area contributed by atoms with Crippen LogP contribution in [0.4, 0.5) is 5.82 Å². The van der Waals surface area contributed by atoms with E-state index in [0.717, 1.165) is 16.2 Å². The summed E-state index contributed by atoms with van der Waals surface area (Å²) in [6.45, 7) is 2.33. The highest BCUT2D eigenvalue weighted by Crippen LogP contribution is 2.21. The third-order valence-corrected chi connectivity index (χ3v) is 3.90. The zero-order valence-electron chi connectivity index (χ0n) is 11.0. The zero-order chi connectivity index (χ0) is 14.5. The van der Waals surface area contributed by atoms with E-state index < -0.39 is 4.92 Å². The van der Waals surface area contributed by atoms with Crippen LogP contribution in [0, 0.1) is 17.0 Å². The van der Waals surface area contributed by atoms with Crippen LogP contribution in [-0.2, 0) is 13.2 Å². The number of hydrogen-bond acceptors (Lipinski definition) is 5. The van der Waals surface area contributed by atoms with Gasteiger partial charge < -0.3 is 15.2 Å². The number of benzene rings is 1. The normalized spacial score (nSPS) is 10.7. The van der Waals surface area contributed by atoms with E-state index in [2.05, 4.69) is 4.98 Å². The lowest BCUT2D eigenvalue weighted by Gasteiger charge is -2.04. The summed E-state index contributed by atoms with van der Waals surface area (Å²) in [4.78, 5) is 15.5. The van der Waals surface area contributed by atoms with E-state index >= 15 is 0 Å². The number of rotatable bonds is 6. The Labute approximate surface area is 120 Å². The fourth-order valence-corrected chi connectivity index (χ4v) is 2.66. The molecule has 0 bridgehead atoms. The molecule has 0 aliphatic carbocycles. The quantitative estimate of drug-likeness (QED) is 0.502. The molecule has 0 saturated carbocycles. The highest BCUT2D eigenvalue weighted by molar-refractivity contribution is 7.99. The van der Waals surface area contributed by atoms with Crippen LogP contribution in [0.3, 0.4) is 0 Å². The number of nitro groups is 1. The second-order valence-electron chi connectivity index (χ2n) is 4.22. The molecule has 0 amide bonds. The molecule has 0 unspecified atom stereocenters. The Morgan fingerprint density at radius 1 is 1.40 bits per heavy atom. The number of nitrogens with zero attached hydrogens (tertiary/aromatic N) is 3. The van der Waals surface area contributed by atoms with Gasteiger partial charge in [-0.3, -0.25) is 0 Å². The van der Waals surface area contributed by atoms with Crippen molar-refractivity contribution in [1.29, 1.82) is 0 Å². The van der Waals surface area contributed by atoms with Crippen LogP contribution >= 0.6 is 11.8 Å². The van der Waals surface area contributed by atoms with Gasteiger partial charge in [-0.05, 0) is 22.6 Å². The summed E-state index contributed by atoms with van der Waals surface area (Å²) >= 11 is 1.61. The third kappa shape index (κ3) is 3.37. The third-order valence-electron chi connectivity index (χ3n) is 2.91. The average Bonchev–Trinajstić information content (AvgIpc) is 2.81. The van der Waals surface area contributed by atoms with Crippen molar-refractivity contribution in [2.24, 2.45) is 0 Å². The van der Waals surface area contributed by atoms with Crippen molar-refractivity contribution in [3.63, 3.8) is 0 Å². The van der Waals surface area contributed by atoms with Gasteiger partial charge in [0.2, 0.25) is 0 Å². The highest BCUT2D eigenvalue weighted by Gasteiger charge is 2.16. The van der Waals surface area contributed by atoms with Crippen LogP contribution in [0.2, 0.25) is 0 Å². The lowest BCUT2D eigenvalue weighted by molar-refractivity contribution is -0.392. The molecule has 0 spiro atoms. The maximum Gasteiger partial charge on any atom is 0.342 e. The first-order valence-electron chi connectivity index (χ1n) is 6.11. The van der Waals surface area contributed by atoms with E-state index in [1.807, 2.05) is 24.3 Å². The fourth-order valence-electron chi connectivity index (χ4n) is 1.82. The van der Waals surface area contributed by atoms with Crippen molar-refractivity contribution < 1.29 is 10.0 Å². The summed E-state index contributed by atoms with van der Waals surface area (Å²) in [5.41, 5.74) is 0.871. The number of imidazole rings is 1. The molecule has 6 nitrogen and oxygen atoms in total. The molecule has 0 aliphatic rings. The van der Waals surface area contributed by atoms with Crippen LogP contribution in [-0.4, -0.2) is 25.3 Å². The summed E-state index contributed by atoms with van der Waals surface area (Å²) in [6.07, 6.45) is 1.29. The molecule has 2 rings (SSSR count). The minimum absolute atomic E-state index is 0.0266. The topological polar surface area (TPSA) is 81.2 Å². The lowest BCUT2D eigenvalue weighted by atomic mass is 10.2. The molecule has 1 aromatic heterocycles. The van der Waals surface area contributed by atoms with Crippen molar-refractivity contribution in [2.75, 3.05) is 5.75 Å². The lowest BCUT2D eigenvalue weighted by Crippen LogP contribution is -2.06. The van der Waals surface area contributed by atoms with Gasteiger partial charge in [0, 0.05) is 17.6 Å². The summed E-state index contributed by atoms with van der Waals surface area (Å²) in [6, 6.07) is 7.61. The Kier molecular flexibility index (Phi) is 4.75. The van der Waals surface area contributed by atoms with Crippen molar-refractivity contribution in [2.45, 2.75) is 25.0 Å². The van der Waals surface area contributed by atoms with Gasteiger partial charge in [-0.1, -0.05) is 12.1 Å². The fraction of sp³-hybridized carbons (Fsp3) is 0.308. The van der Waals surface area contributed by atoms with Gasteiger partial charge in [-0.25, -0.2) is 9.55 Å². The summed E-state index contributed by atoms with van der Waals surface area (Å²) in [5, 5.41) is 19.8. The molecule has 0 radical (unpaired) electrons. The summed E-state index contributed by atoms with van der Waals surface area (Å²) < 4.78 is 1.61. The van der Waals surface area contributed by atoms with E-state index in [1.54, 1.807) is 23.3 Å². The van der Waals surface area contributed by atoms with Crippen LogP contribution in [0.15, 0.2) is 35.4 Å². The molecule has 0 fully saturated rings. The van der Waals surface area contributed by atoms with Crippen LogP contribution in [0.1, 0.15) is 11.4 Å². The first-order chi connectivity index (χ1) is 9.61. The van der Waals surface area contributed by atoms with Crippen LogP contribution in [0.25, 0.3) is 0 Å². The maximum atomic E-state index is 10.9. The Balaban J connectivity index is 1.95. The van der Waals surface area contributed by atoms with E-state index in [4.69, 9.17) is 5.11 Å². The van der Waals surface area contributed by atoms with Crippen LogP contribution < -0.4 is 0 Å². The minimum atomic E-state index is -0.416. The number of thioether (sulfide) groups is 1. The number of aliphatic hydroxyl groups is 1. The van der Waals surface area contributed by atoms with Crippen LogP contribution in [0.5, 0.6) is 0 Å². The Morgan fingerprint density at radius 3 is 2.70 bits per heavy atom. The first-order valence-corrected chi connectivity index (χ1v) is 7.09. The van der Waals surface area contributed by atoms with Gasteiger partial charge >= 0.3 is 5.82 Å². The molecule has 0 saturated heterocycles. The molecular formula is C13H15N3O3S.